The molecule has 0 unspecified atom stereocenters. The molecule has 0 saturated carbocycles. The Hall–Kier alpha value is -0.550. The maximum Gasteiger partial charge on any atom is 0.155 e. The molecule has 1 aromatic rings. The minimum atomic E-state index is -3.02. The number of ether oxygens (including phenoxy) is 1. The van der Waals surface area contributed by atoms with E-state index in [0.29, 0.717) is 5.75 Å². The fourth-order valence-corrected chi connectivity index (χ4v) is 2.25. The van der Waals surface area contributed by atoms with E-state index in [0.717, 1.165) is 10.0 Å². The van der Waals surface area contributed by atoms with Gasteiger partial charge in [-0.2, -0.15) is 0 Å². The van der Waals surface area contributed by atoms with Gasteiger partial charge in [-0.05, 0) is 44.5 Å². The zero-order valence-corrected chi connectivity index (χ0v) is 12.6. The van der Waals surface area contributed by atoms with Crippen LogP contribution < -0.4 is 4.74 Å². The molecule has 1 rings (SSSR count). The van der Waals surface area contributed by atoms with Crippen LogP contribution in [0, 0.1) is 6.92 Å². The highest BCUT2D eigenvalue weighted by Gasteiger charge is 2.15. The number of benzene rings is 1. The molecule has 0 bridgehead atoms. The summed E-state index contributed by atoms with van der Waals surface area (Å²) in [5.41, 5.74) is 1.06. The van der Waals surface area contributed by atoms with Crippen LogP contribution in [0.1, 0.15) is 19.4 Å². The first-order valence-corrected chi connectivity index (χ1v) is 7.94. The van der Waals surface area contributed by atoms with Gasteiger partial charge in [-0.1, -0.05) is 15.9 Å². The van der Waals surface area contributed by atoms with Crippen LogP contribution in [0.3, 0.4) is 0 Å². The first-order valence-electron chi connectivity index (χ1n) is 5.43. The predicted molar refractivity (Wildman–Crippen MR) is 73.3 cm³/mol. The van der Waals surface area contributed by atoms with E-state index in [4.69, 9.17) is 4.74 Å². The largest absolute Gasteiger partial charge is 0.493 e. The van der Waals surface area contributed by atoms with Crippen molar-refractivity contribution in [3.63, 3.8) is 0 Å². The van der Waals surface area contributed by atoms with Crippen molar-refractivity contribution in [3.05, 3.63) is 28.2 Å². The summed E-state index contributed by atoms with van der Waals surface area (Å²) in [6.07, 6.45) is 0. The second-order valence-corrected chi connectivity index (χ2v) is 7.71. The second kappa shape index (κ2) is 5.87. The Balaban J connectivity index is 2.55. The Morgan fingerprint density at radius 3 is 2.53 bits per heavy atom. The Kier molecular flexibility index (Phi) is 5.01. The molecule has 1 aromatic carbocycles. The second-order valence-electron chi connectivity index (χ2n) is 4.18. The van der Waals surface area contributed by atoms with Crippen LogP contribution in [0.5, 0.6) is 5.75 Å². The molecule has 17 heavy (non-hydrogen) atoms. The zero-order valence-electron chi connectivity index (χ0n) is 10.2. The Labute approximate surface area is 111 Å². The van der Waals surface area contributed by atoms with Crippen molar-refractivity contribution in [2.75, 3.05) is 12.4 Å². The summed E-state index contributed by atoms with van der Waals surface area (Å²) in [6, 6.07) is 5.59. The van der Waals surface area contributed by atoms with Crippen LogP contribution in [0.2, 0.25) is 0 Å². The van der Waals surface area contributed by atoms with Crippen molar-refractivity contribution in [1.29, 1.82) is 0 Å². The summed E-state index contributed by atoms with van der Waals surface area (Å²) < 4.78 is 29.5. The molecule has 0 aliphatic heterocycles. The quantitative estimate of drug-likeness (QED) is 0.837. The van der Waals surface area contributed by atoms with Crippen LogP contribution in [-0.2, 0) is 9.84 Å². The number of hydrogen-bond donors (Lipinski definition) is 0. The summed E-state index contributed by atoms with van der Waals surface area (Å²) in [4.78, 5) is 0. The number of halogens is 1. The Bertz CT molecular complexity index is 481. The molecule has 3 nitrogen and oxygen atoms in total. The molecule has 0 N–H and O–H groups in total. The standard InChI is InChI=1S/C12H17BrO3S/c1-9(2)17(14,15)7-6-16-11-4-5-12(13)10(3)8-11/h4-5,8-9H,6-7H2,1-3H3. The minimum Gasteiger partial charge on any atom is -0.493 e. The highest BCUT2D eigenvalue weighted by atomic mass is 79.9. The number of aryl methyl sites for hydroxylation is 1. The van der Waals surface area contributed by atoms with Crippen molar-refractivity contribution < 1.29 is 13.2 Å². The highest BCUT2D eigenvalue weighted by molar-refractivity contribution is 9.10. The molecular formula is C12H17BrO3S. The molecule has 96 valence electrons. The van der Waals surface area contributed by atoms with Gasteiger partial charge in [-0.25, -0.2) is 8.42 Å². The fraction of sp³-hybridized carbons (Fsp3) is 0.500. The molecule has 0 saturated heterocycles. The van der Waals surface area contributed by atoms with E-state index >= 15 is 0 Å². The van der Waals surface area contributed by atoms with Crippen LogP contribution in [0.4, 0.5) is 0 Å². The molecule has 0 amide bonds. The summed E-state index contributed by atoms with van der Waals surface area (Å²) in [7, 11) is -3.02. The van der Waals surface area contributed by atoms with Gasteiger partial charge in [-0.15, -0.1) is 0 Å². The molecule has 0 atom stereocenters. The van der Waals surface area contributed by atoms with E-state index in [1.165, 1.54) is 0 Å². The van der Waals surface area contributed by atoms with E-state index in [1.807, 2.05) is 25.1 Å². The van der Waals surface area contributed by atoms with E-state index in [2.05, 4.69) is 15.9 Å². The third kappa shape index (κ3) is 4.32. The molecule has 0 aliphatic rings. The average molecular weight is 321 g/mol. The van der Waals surface area contributed by atoms with Crippen LogP contribution in [-0.4, -0.2) is 26.0 Å². The minimum absolute atomic E-state index is 0.0553. The Morgan fingerprint density at radius 1 is 1.35 bits per heavy atom. The lowest BCUT2D eigenvalue weighted by molar-refractivity contribution is 0.340. The van der Waals surface area contributed by atoms with Gasteiger partial charge >= 0.3 is 0 Å². The molecular weight excluding hydrogens is 304 g/mol. The van der Waals surface area contributed by atoms with Gasteiger partial charge in [0, 0.05) is 4.47 Å². The maximum atomic E-state index is 11.6. The van der Waals surface area contributed by atoms with Crippen LogP contribution in [0.15, 0.2) is 22.7 Å². The molecule has 5 heteroatoms. The highest BCUT2D eigenvalue weighted by Crippen LogP contribution is 2.21. The third-order valence-electron chi connectivity index (χ3n) is 2.48. The molecule has 0 spiro atoms. The average Bonchev–Trinajstić information content (AvgIpc) is 2.23. The van der Waals surface area contributed by atoms with E-state index < -0.39 is 9.84 Å². The van der Waals surface area contributed by atoms with Crippen molar-refractivity contribution in [1.82, 2.24) is 0 Å². The van der Waals surface area contributed by atoms with Crippen LogP contribution >= 0.6 is 15.9 Å². The first kappa shape index (κ1) is 14.5. The molecule has 0 aromatic heterocycles. The molecule has 0 heterocycles. The summed E-state index contributed by atoms with van der Waals surface area (Å²) >= 11 is 3.40. The van der Waals surface area contributed by atoms with Crippen molar-refractivity contribution in [2.45, 2.75) is 26.0 Å². The van der Waals surface area contributed by atoms with E-state index in [9.17, 15) is 8.42 Å². The number of sulfone groups is 1. The third-order valence-corrected chi connectivity index (χ3v) is 5.55. The van der Waals surface area contributed by atoms with Crippen molar-refractivity contribution in [3.8, 4) is 5.75 Å². The van der Waals surface area contributed by atoms with Gasteiger partial charge in [0.2, 0.25) is 0 Å². The first-order chi connectivity index (χ1) is 7.83. The van der Waals surface area contributed by atoms with Gasteiger partial charge in [-0.3, -0.25) is 0 Å². The van der Waals surface area contributed by atoms with Gasteiger partial charge in [0.25, 0.3) is 0 Å². The van der Waals surface area contributed by atoms with Gasteiger partial charge in [0.15, 0.2) is 9.84 Å². The predicted octanol–water partition coefficient (Wildman–Crippen LogP) is 2.96. The van der Waals surface area contributed by atoms with Gasteiger partial charge in [0.05, 0.1) is 11.0 Å². The summed E-state index contributed by atoms with van der Waals surface area (Å²) in [5, 5.41) is -0.349. The maximum absolute atomic E-state index is 11.6. The lowest BCUT2D eigenvalue weighted by atomic mass is 10.2. The topological polar surface area (TPSA) is 43.4 Å². The van der Waals surface area contributed by atoms with Crippen molar-refractivity contribution >= 4 is 25.8 Å². The SMILES string of the molecule is Cc1cc(OCCS(=O)(=O)C(C)C)ccc1Br. The smallest absolute Gasteiger partial charge is 0.155 e. The normalized spacial score (nSPS) is 11.8. The molecule has 0 aliphatic carbocycles. The Morgan fingerprint density at radius 2 is 2.00 bits per heavy atom. The molecule has 0 fully saturated rings. The lowest BCUT2D eigenvalue weighted by Crippen LogP contribution is -2.22. The van der Waals surface area contributed by atoms with E-state index in [-0.39, 0.29) is 17.6 Å². The van der Waals surface area contributed by atoms with Gasteiger partial charge in [0.1, 0.15) is 12.4 Å². The number of rotatable bonds is 5. The van der Waals surface area contributed by atoms with Gasteiger partial charge < -0.3 is 4.74 Å². The summed E-state index contributed by atoms with van der Waals surface area (Å²) in [6.45, 7) is 5.52. The fourth-order valence-electron chi connectivity index (χ4n) is 1.22. The number of hydrogen-bond acceptors (Lipinski definition) is 3. The summed E-state index contributed by atoms with van der Waals surface area (Å²) in [5.74, 6) is 0.754. The zero-order chi connectivity index (χ0) is 13.1. The lowest BCUT2D eigenvalue weighted by Gasteiger charge is -2.10. The monoisotopic (exact) mass is 320 g/mol. The van der Waals surface area contributed by atoms with E-state index in [1.54, 1.807) is 13.8 Å². The molecule has 0 radical (unpaired) electrons. The van der Waals surface area contributed by atoms with Crippen LogP contribution in [0.25, 0.3) is 0 Å². The van der Waals surface area contributed by atoms with Crippen molar-refractivity contribution in [2.24, 2.45) is 0 Å².